The van der Waals surface area contributed by atoms with Crippen molar-refractivity contribution in [1.82, 2.24) is 19.6 Å². The van der Waals surface area contributed by atoms with Crippen molar-refractivity contribution in [2.24, 2.45) is 0 Å². The number of hydrogen-bond acceptors (Lipinski definition) is 12. The molecule has 5 radical (unpaired) electrons. The van der Waals surface area contributed by atoms with Gasteiger partial charge in [-0.15, -0.1) is 0 Å². The number of carbonyl (C=O) groups excluding carboxylic acids is 1. The molecule has 3 aliphatic rings. The van der Waals surface area contributed by atoms with Crippen LogP contribution in [0.3, 0.4) is 0 Å². The molecule has 3 aromatic carbocycles. The lowest BCUT2D eigenvalue weighted by Crippen LogP contribution is -2.39. The van der Waals surface area contributed by atoms with Gasteiger partial charge in [0.05, 0.1) is 112 Å². The Morgan fingerprint density at radius 1 is 0.397 bits per heavy atom. The maximum absolute atomic E-state index is 12.9. The number of hydrogen-bond donors (Lipinski definition) is 0. The van der Waals surface area contributed by atoms with Crippen LogP contribution in [0.25, 0.3) is 21.5 Å². The van der Waals surface area contributed by atoms with Gasteiger partial charge >= 0.3 is 0 Å². The molecule has 2 aliphatic heterocycles. The summed E-state index contributed by atoms with van der Waals surface area (Å²) in [6, 6.07) is 19.7. The first-order chi connectivity index (χ1) is 33.7. The standard InChI is InChI=1S/C55H83N4O9/c60-55(49-15-7-8-16-49)59-29-37-67-45-43-63-33-25-57(26-34-64-44-46-68-38-30-59)22-14-6-4-2-1-3-5-13-21-56-23-31-61-39-41-65-35-27-58(28-36-66-42-40-62-32-24-56)48-54-52-19-11-9-17-50(52)47-51-18-10-12-20-53(51)54/h7-12,15-20,47H,1-6,13-14,21-46,48H2. The van der Waals surface area contributed by atoms with Crippen LogP contribution in [0.2, 0.25) is 0 Å². The van der Waals surface area contributed by atoms with E-state index < -0.39 is 0 Å². The van der Waals surface area contributed by atoms with E-state index in [1.54, 1.807) is 4.90 Å². The summed E-state index contributed by atoms with van der Waals surface area (Å²) in [5.74, 6) is 0.700. The molecule has 0 bridgehead atoms. The third kappa shape index (κ3) is 21.3. The molecule has 6 rings (SSSR count). The fraction of sp³-hybridized carbons (Fsp3) is 0.636. The molecule has 68 heavy (non-hydrogen) atoms. The summed E-state index contributed by atoms with van der Waals surface area (Å²) in [5, 5.41) is 5.17. The van der Waals surface area contributed by atoms with Crippen LogP contribution in [0.5, 0.6) is 0 Å². The van der Waals surface area contributed by atoms with Gasteiger partial charge in [-0.05, 0) is 84.8 Å². The molecule has 2 saturated heterocycles. The zero-order valence-electron chi connectivity index (χ0n) is 41.2. The summed E-state index contributed by atoms with van der Waals surface area (Å²) < 4.78 is 47.8. The SMILES string of the molecule is O=C([C]1[CH][CH][CH][CH]1)N1CCOCCOCCN(CCCCCCCCCCN2CCOCCOCCN(Cc3c4ccccc4cc4ccccc34)CCOCCOCC2)CCOCCOCC1. The average molecular weight is 944 g/mol. The number of fused-ring (bicyclic) bond motifs is 2. The molecule has 377 valence electrons. The predicted molar refractivity (Wildman–Crippen MR) is 270 cm³/mol. The van der Waals surface area contributed by atoms with Crippen LogP contribution in [0.1, 0.15) is 56.9 Å². The van der Waals surface area contributed by atoms with Crippen LogP contribution in [-0.2, 0) is 49.2 Å². The van der Waals surface area contributed by atoms with Crippen LogP contribution in [-0.4, -0.2) is 197 Å². The summed E-state index contributed by atoms with van der Waals surface area (Å²) in [6.07, 6.45) is 17.5. The van der Waals surface area contributed by atoms with Crippen molar-refractivity contribution in [3.8, 4) is 0 Å². The number of nitrogens with zero attached hydrogens (tertiary/aromatic N) is 4. The molecule has 13 nitrogen and oxygen atoms in total. The largest absolute Gasteiger partial charge is 0.378 e. The van der Waals surface area contributed by atoms with E-state index in [9.17, 15) is 4.79 Å². The van der Waals surface area contributed by atoms with E-state index in [0.29, 0.717) is 125 Å². The van der Waals surface area contributed by atoms with Gasteiger partial charge in [-0.25, -0.2) is 0 Å². The molecular weight excluding hydrogens is 861 g/mol. The van der Waals surface area contributed by atoms with Crippen molar-refractivity contribution in [2.45, 2.75) is 57.9 Å². The van der Waals surface area contributed by atoms with Crippen molar-refractivity contribution in [2.75, 3.05) is 171 Å². The van der Waals surface area contributed by atoms with Crippen LogP contribution < -0.4 is 0 Å². The van der Waals surface area contributed by atoms with Gasteiger partial charge < -0.3 is 42.8 Å². The molecule has 0 N–H and O–H groups in total. The summed E-state index contributed by atoms with van der Waals surface area (Å²) in [4.78, 5) is 22.1. The zero-order valence-corrected chi connectivity index (χ0v) is 41.2. The van der Waals surface area contributed by atoms with E-state index in [4.69, 9.17) is 37.9 Å². The van der Waals surface area contributed by atoms with Gasteiger partial charge in [0, 0.05) is 58.9 Å². The Bertz CT molecular complexity index is 1670. The number of ether oxygens (including phenoxy) is 8. The monoisotopic (exact) mass is 944 g/mol. The summed E-state index contributed by atoms with van der Waals surface area (Å²) in [7, 11) is 0. The average Bonchev–Trinajstić information content (AvgIpc) is 3.91. The second-order valence-corrected chi connectivity index (χ2v) is 18.0. The summed E-state index contributed by atoms with van der Waals surface area (Å²) >= 11 is 0. The number of unbranched alkanes of at least 4 members (excludes halogenated alkanes) is 7. The topological polar surface area (TPSA) is 104 Å². The third-order valence-electron chi connectivity index (χ3n) is 13.0. The minimum absolute atomic E-state index is 0.00485. The molecule has 1 amide bonds. The maximum Gasteiger partial charge on any atom is 0.230 e. The Kier molecular flexibility index (Phi) is 27.7. The summed E-state index contributed by atoms with van der Waals surface area (Å²) in [6.45, 7) is 18.8. The van der Waals surface area contributed by atoms with Crippen molar-refractivity contribution >= 4 is 27.5 Å². The Morgan fingerprint density at radius 2 is 0.735 bits per heavy atom. The first-order valence-corrected chi connectivity index (χ1v) is 25.9. The molecule has 2 heterocycles. The Labute approximate surface area is 409 Å². The van der Waals surface area contributed by atoms with Gasteiger partial charge in [-0.2, -0.15) is 0 Å². The van der Waals surface area contributed by atoms with Gasteiger partial charge in [-0.3, -0.25) is 19.5 Å². The van der Waals surface area contributed by atoms with Gasteiger partial charge in [0.1, 0.15) is 0 Å². The van der Waals surface area contributed by atoms with Crippen LogP contribution in [0.15, 0.2) is 54.6 Å². The van der Waals surface area contributed by atoms with E-state index in [1.807, 2.05) is 25.7 Å². The summed E-state index contributed by atoms with van der Waals surface area (Å²) in [5.41, 5.74) is 1.36. The van der Waals surface area contributed by atoms with Gasteiger partial charge in [0.25, 0.3) is 0 Å². The first kappa shape index (κ1) is 54.5. The smallest absolute Gasteiger partial charge is 0.230 e. The van der Waals surface area contributed by atoms with Gasteiger partial charge in [0.15, 0.2) is 0 Å². The molecule has 13 heteroatoms. The van der Waals surface area contributed by atoms with E-state index in [2.05, 4.69) is 69.3 Å². The molecule has 3 fully saturated rings. The molecule has 3 aromatic rings. The zero-order chi connectivity index (χ0) is 46.9. The van der Waals surface area contributed by atoms with E-state index in [-0.39, 0.29) is 5.91 Å². The highest BCUT2D eigenvalue weighted by molar-refractivity contribution is 6.02. The van der Waals surface area contributed by atoms with Crippen LogP contribution >= 0.6 is 0 Å². The molecule has 0 spiro atoms. The highest BCUT2D eigenvalue weighted by Crippen LogP contribution is 2.30. The normalized spacial score (nSPS) is 21.0. The molecule has 0 unspecified atom stereocenters. The quantitative estimate of drug-likeness (QED) is 0.124. The lowest BCUT2D eigenvalue weighted by molar-refractivity contribution is -0.130. The number of carbonyl (C=O) groups is 1. The maximum atomic E-state index is 12.9. The Hall–Kier alpha value is -2.79. The minimum atomic E-state index is 0.00485. The number of rotatable bonds is 14. The Balaban J connectivity index is 0.793. The highest BCUT2D eigenvalue weighted by Gasteiger charge is 2.28. The minimum Gasteiger partial charge on any atom is -0.378 e. The molecule has 0 aromatic heterocycles. The molecule has 1 aliphatic carbocycles. The van der Waals surface area contributed by atoms with Gasteiger partial charge in [0.2, 0.25) is 5.91 Å². The fourth-order valence-electron chi connectivity index (χ4n) is 8.99. The molecular formula is C55H83N4O9. The second-order valence-electron chi connectivity index (χ2n) is 18.0. The van der Waals surface area contributed by atoms with Crippen molar-refractivity contribution in [3.05, 3.63) is 91.8 Å². The van der Waals surface area contributed by atoms with E-state index in [0.717, 1.165) is 58.9 Å². The van der Waals surface area contributed by atoms with E-state index in [1.165, 1.54) is 78.5 Å². The lowest BCUT2D eigenvalue weighted by atomic mass is 9.96. The van der Waals surface area contributed by atoms with Crippen molar-refractivity contribution in [1.29, 1.82) is 0 Å². The Morgan fingerprint density at radius 3 is 1.13 bits per heavy atom. The number of amides is 1. The highest BCUT2D eigenvalue weighted by atomic mass is 16.5. The van der Waals surface area contributed by atoms with Gasteiger partial charge in [-0.1, -0.05) is 87.1 Å². The van der Waals surface area contributed by atoms with Crippen molar-refractivity contribution in [3.63, 3.8) is 0 Å². The molecule has 1 saturated carbocycles. The second kappa shape index (κ2) is 34.5. The third-order valence-corrected chi connectivity index (χ3v) is 13.0. The van der Waals surface area contributed by atoms with Crippen molar-refractivity contribution < 1.29 is 42.7 Å². The lowest BCUT2D eigenvalue weighted by Gasteiger charge is -2.25. The first-order valence-electron chi connectivity index (χ1n) is 25.9. The van der Waals surface area contributed by atoms with Crippen LogP contribution in [0.4, 0.5) is 0 Å². The van der Waals surface area contributed by atoms with Crippen LogP contribution in [0, 0.1) is 31.6 Å². The van der Waals surface area contributed by atoms with E-state index >= 15 is 0 Å². The molecule has 0 atom stereocenters. The fourth-order valence-corrected chi connectivity index (χ4v) is 8.99. The predicted octanol–water partition coefficient (Wildman–Crippen LogP) is 6.91. The number of benzene rings is 3.